The summed E-state index contributed by atoms with van der Waals surface area (Å²) in [5.74, 6) is -0.0446. The summed E-state index contributed by atoms with van der Waals surface area (Å²) in [6.45, 7) is 3.02. The molecular weight excluding hydrogens is 370 g/mol. The number of nitro groups is 1. The van der Waals surface area contributed by atoms with Gasteiger partial charge in [0.05, 0.1) is 16.9 Å². The van der Waals surface area contributed by atoms with E-state index in [0.29, 0.717) is 11.6 Å². The molecule has 7 nitrogen and oxygen atoms in total. The number of hydrogen-bond donors (Lipinski definition) is 0. The van der Waals surface area contributed by atoms with Crippen molar-refractivity contribution in [2.75, 3.05) is 26.7 Å². The first kappa shape index (κ1) is 20.3. The second kappa shape index (κ2) is 8.40. The van der Waals surface area contributed by atoms with Gasteiger partial charge in [-0.2, -0.15) is 0 Å². The highest BCUT2D eigenvalue weighted by atomic mass is 16.6. The maximum absolute atomic E-state index is 13.1. The molecule has 2 saturated heterocycles. The molecular formula is C22H31N3O4. The van der Waals surface area contributed by atoms with E-state index in [2.05, 4.69) is 4.90 Å². The number of hydrogen-bond acceptors (Lipinski definition) is 5. The Morgan fingerprint density at radius 1 is 1.28 bits per heavy atom. The maximum atomic E-state index is 13.1. The molecule has 29 heavy (non-hydrogen) atoms. The largest absolute Gasteiger partial charge is 0.375 e. The normalized spacial score (nSPS) is 30.0. The Morgan fingerprint density at radius 3 is 2.72 bits per heavy atom. The van der Waals surface area contributed by atoms with E-state index < -0.39 is 4.92 Å². The third kappa shape index (κ3) is 4.16. The monoisotopic (exact) mass is 401 g/mol. The molecule has 3 fully saturated rings. The van der Waals surface area contributed by atoms with Crippen LogP contribution in [-0.4, -0.2) is 65.1 Å². The van der Waals surface area contributed by atoms with E-state index in [1.54, 1.807) is 18.2 Å². The van der Waals surface area contributed by atoms with Gasteiger partial charge in [0, 0.05) is 37.4 Å². The van der Waals surface area contributed by atoms with Crippen molar-refractivity contribution >= 4 is 11.6 Å². The number of likely N-dealkylation sites (N-methyl/N-ethyl adjacent to an activating group) is 1. The third-order valence-corrected chi connectivity index (χ3v) is 7.14. The maximum Gasteiger partial charge on any atom is 0.273 e. The summed E-state index contributed by atoms with van der Waals surface area (Å²) in [7, 11) is 1.87. The molecule has 1 aromatic carbocycles. The molecule has 3 atom stereocenters. The lowest BCUT2D eigenvalue weighted by Crippen LogP contribution is -2.58. The van der Waals surface area contributed by atoms with Crippen molar-refractivity contribution in [1.29, 1.82) is 0 Å². The van der Waals surface area contributed by atoms with Gasteiger partial charge < -0.3 is 9.64 Å². The van der Waals surface area contributed by atoms with Crippen molar-refractivity contribution in [3.63, 3.8) is 0 Å². The van der Waals surface area contributed by atoms with Gasteiger partial charge in [-0.3, -0.25) is 19.8 Å². The fraction of sp³-hybridized carbons (Fsp3) is 0.682. The highest BCUT2D eigenvalue weighted by Crippen LogP contribution is 2.43. The molecule has 0 aromatic heterocycles. The Hall–Kier alpha value is -1.99. The van der Waals surface area contributed by atoms with Crippen LogP contribution >= 0.6 is 0 Å². The van der Waals surface area contributed by atoms with Crippen LogP contribution in [0.15, 0.2) is 24.3 Å². The average Bonchev–Trinajstić information content (AvgIpc) is 3.40. The minimum atomic E-state index is -0.405. The van der Waals surface area contributed by atoms with Crippen LogP contribution in [-0.2, 0) is 16.0 Å². The van der Waals surface area contributed by atoms with Gasteiger partial charge >= 0.3 is 0 Å². The predicted octanol–water partition coefficient (Wildman–Crippen LogP) is 3.16. The van der Waals surface area contributed by atoms with Gasteiger partial charge in [-0.05, 0) is 58.0 Å². The van der Waals surface area contributed by atoms with Crippen molar-refractivity contribution in [3.05, 3.63) is 39.9 Å². The number of nitro benzene ring substituents is 1. The summed E-state index contributed by atoms with van der Waals surface area (Å²) in [4.78, 5) is 28.4. The molecule has 1 saturated carbocycles. The van der Waals surface area contributed by atoms with Crippen LogP contribution in [0.3, 0.4) is 0 Å². The molecule has 1 aliphatic carbocycles. The standard InChI is InChI=1S/C22H31N3O4/c1-23(21(26)15-17-7-2-3-8-18(17)25(27)28)19-9-11-22(10-6-14-29-22)16-20(19)24-12-4-5-13-24/h2-3,7-8,19-20H,4-6,9-16H2,1H3. The molecule has 1 aromatic rings. The lowest BCUT2D eigenvalue weighted by Gasteiger charge is -2.48. The summed E-state index contributed by atoms with van der Waals surface area (Å²) in [5, 5.41) is 11.3. The fourth-order valence-corrected chi connectivity index (χ4v) is 5.54. The first-order valence-corrected chi connectivity index (χ1v) is 10.9. The van der Waals surface area contributed by atoms with Crippen molar-refractivity contribution < 1.29 is 14.5 Å². The Kier molecular flexibility index (Phi) is 5.88. The van der Waals surface area contributed by atoms with Crippen LogP contribution in [0, 0.1) is 10.1 Å². The van der Waals surface area contributed by atoms with Crippen LogP contribution in [0.25, 0.3) is 0 Å². The van der Waals surface area contributed by atoms with E-state index in [0.717, 1.165) is 51.8 Å². The molecule has 1 amide bonds. The Balaban J connectivity index is 1.50. The van der Waals surface area contributed by atoms with E-state index in [1.807, 2.05) is 11.9 Å². The van der Waals surface area contributed by atoms with Gasteiger partial charge in [0.15, 0.2) is 0 Å². The lowest BCUT2D eigenvalue weighted by molar-refractivity contribution is -0.385. The number of ether oxygens (including phenoxy) is 1. The van der Waals surface area contributed by atoms with Crippen molar-refractivity contribution in [2.45, 2.75) is 69.1 Å². The van der Waals surface area contributed by atoms with E-state index in [-0.39, 0.29) is 29.7 Å². The predicted molar refractivity (Wildman–Crippen MR) is 110 cm³/mol. The number of benzene rings is 1. The molecule has 2 aliphatic heterocycles. The summed E-state index contributed by atoms with van der Waals surface area (Å²) in [6, 6.07) is 7.00. The molecule has 0 bridgehead atoms. The average molecular weight is 402 g/mol. The van der Waals surface area contributed by atoms with E-state index in [1.165, 1.54) is 18.9 Å². The minimum Gasteiger partial charge on any atom is -0.375 e. The number of rotatable bonds is 5. The smallest absolute Gasteiger partial charge is 0.273 e. The third-order valence-electron chi connectivity index (χ3n) is 7.14. The van der Waals surface area contributed by atoms with E-state index in [4.69, 9.17) is 4.74 Å². The summed E-state index contributed by atoms with van der Waals surface area (Å²) >= 11 is 0. The zero-order valence-electron chi connectivity index (χ0n) is 17.2. The fourth-order valence-electron chi connectivity index (χ4n) is 5.54. The lowest BCUT2D eigenvalue weighted by atomic mass is 9.76. The Bertz CT molecular complexity index is 756. The van der Waals surface area contributed by atoms with Crippen LogP contribution in [0.2, 0.25) is 0 Å². The number of para-hydroxylation sites is 1. The first-order valence-electron chi connectivity index (χ1n) is 10.9. The van der Waals surface area contributed by atoms with E-state index >= 15 is 0 Å². The number of nitrogens with zero attached hydrogens (tertiary/aromatic N) is 3. The van der Waals surface area contributed by atoms with Crippen LogP contribution in [0.5, 0.6) is 0 Å². The molecule has 0 radical (unpaired) electrons. The summed E-state index contributed by atoms with van der Waals surface area (Å²) in [6.07, 6.45) is 7.66. The number of carbonyl (C=O) groups excluding carboxylic acids is 1. The molecule has 3 unspecified atom stereocenters. The SMILES string of the molecule is CN(C(=O)Cc1ccccc1[N+](=O)[O-])C1CCC2(CCCO2)CC1N1CCCC1. The second-order valence-corrected chi connectivity index (χ2v) is 8.82. The molecule has 0 N–H and O–H groups in total. The Morgan fingerprint density at radius 2 is 2.03 bits per heavy atom. The van der Waals surface area contributed by atoms with Crippen LogP contribution < -0.4 is 0 Å². The number of likely N-dealkylation sites (tertiary alicyclic amines) is 1. The highest BCUT2D eigenvalue weighted by Gasteiger charge is 2.47. The second-order valence-electron chi connectivity index (χ2n) is 8.82. The topological polar surface area (TPSA) is 75.9 Å². The van der Waals surface area contributed by atoms with Gasteiger partial charge in [0.25, 0.3) is 5.69 Å². The molecule has 4 rings (SSSR count). The van der Waals surface area contributed by atoms with Crippen molar-refractivity contribution in [3.8, 4) is 0 Å². The van der Waals surface area contributed by atoms with Crippen LogP contribution in [0.4, 0.5) is 5.69 Å². The number of amides is 1. The summed E-state index contributed by atoms with van der Waals surface area (Å²) < 4.78 is 6.19. The minimum absolute atomic E-state index is 0.00807. The van der Waals surface area contributed by atoms with E-state index in [9.17, 15) is 14.9 Å². The van der Waals surface area contributed by atoms with Gasteiger partial charge in [-0.25, -0.2) is 0 Å². The van der Waals surface area contributed by atoms with Crippen LogP contribution in [0.1, 0.15) is 50.5 Å². The number of carbonyl (C=O) groups is 1. The highest BCUT2D eigenvalue weighted by molar-refractivity contribution is 5.80. The molecule has 2 heterocycles. The molecule has 7 heteroatoms. The zero-order chi connectivity index (χ0) is 20.4. The zero-order valence-corrected chi connectivity index (χ0v) is 17.2. The van der Waals surface area contributed by atoms with Gasteiger partial charge in [0.2, 0.25) is 5.91 Å². The van der Waals surface area contributed by atoms with Crippen molar-refractivity contribution in [2.24, 2.45) is 0 Å². The van der Waals surface area contributed by atoms with Gasteiger partial charge in [-0.1, -0.05) is 18.2 Å². The Labute approximate surface area is 172 Å². The summed E-state index contributed by atoms with van der Waals surface area (Å²) in [5.41, 5.74) is 0.497. The molecule has 1 spiro atoms. The van der Waals surface area contributed by atoms with Gasteiger partial charge in [0.1, 0.15) is 0 Å². The molecule has 158 valence electrons. The molecule has 3 aliphatic rings. The quantitative estimate of drug-likeness (QED) is 0.560. The van der Waals surface area contributed by atoms with Gasteiger partial charge in [-0.15, -0.1) is 0 Å². The first-order chi connectivity index (χ1) is 14.0. The van der Waals surface area contributed by atoms with Crippen molar-refractivity contribution in [1.82, 2.24) is 9.80 Å².